The SMILES string of the molecule is CC(=O)NC(CC(=O)c1ccc(C)cc1)c1ccccc1. The lowest BCUT2D eigenvalue weighted by Gasteiger charge is -2.17. The number of nitrogens with one attached hydrogen (secondary N) is 1. The van der Waals surface area contributed by atoms with E-state index in [1.54, 1.807) is 0 Å². The van der Waals surface area contributed by atoms with Crippen LogP contribution in [0.1, 0.15) is 40.9 Å². The molecule has 0 spiro atoms. The first-order valence-corrected chi connectivity index (χ1v) is 6.98. The van der Waals surface area contributed by atoms with Crippen molar-refractivity contribution in [3.63, 3.8) is 0 Å². The molecule has 0 radical (unpaired) electrons. The Morgan fingerprint density at radius 2 is 1.62 bits per heavy atom. The van der Waals surface area contributed by atoms with Crippen molar-refractivity contribution in [2.24, 2.45) is 0 Å². The van der Waals surface area contributed by atoms with Crippen molar-refractivity contribution in [3.8, 4) is 0 Å². The van der Waals surface area contributed by atoms with E-state index in [0.29, 0.717) is 5.56 Å². The van der Waals surface area contributed by atoms with E-state index >= 15 is 0 Å². The van der Waals surface area contributed by atoms with Gasteiger partial charge in [0.1, 0.15) is 0 Å². The molecule has 21 heavy (non-hydrogen) atoms. The van der Waals surface area contributed by atoms with Gasteiger partial charge in [0.05, 0.1) is 6.04 Å². The molecule has 3 heteroatoms. The minimum atomic E-state index is -0.294. The molecule has 2 aromatic carbocycles. The molecule has 3 nitrogen and oxygen atoms in total. The van der Waals surface area contributed by atoms with Crippen molar-refractivity contribution in [1.29, 1.82) is 0 Å². The molecule has 0 fully saturated rings. The average molecular weight is 281 g/mol. The molecule has 0 saturated heterocycles. The quantitative estimate of drug-likeness (QED) is 0.853. The summed E-state index contributed by atoms with van der Waals surface area (Å²) in [6.45, 7) is 3.45. The molecular formula is C18H19NO2. The Kier molecular flexibility index (Phi) is 4.88. The number of ketones is 1. The standard InChI is InChI=1S/C18H19NO2/c1-13-8-10-16(11-9-13)18(21)12-17(19-14(2)20)15-6-4-3-5-7-15/h3-11,17H,12H2,1-2H3,(H,19,20). The lowest BCUT2D eigenvalue weighted by molar-refractivity contribution is -0.119. The molecule has 0 bridgehead atoms. The second kappa shape index (κ2) is 6.84. The lowest BCUT2D eigenvalue weighted by atomic mass is 9.97. The Hall–Kier alpha value is -2.42. The molecular weight excluding hydrogens is 262 g/mol. The summed E-state index contributed by atoms with van der Waals surface area (Å²) in [5, 5.41) is 2.85. The summed E-state index contributed by atoms with van der Waals surface area (Å²) in [6, 6.07) is 16.8. The molecule has 1 atom stereocenters. The Balaban J connectivity index is 2.17. The van der Waals surface area contributed by atoms with Crippen LogP contribution >= 0.6 is 0 Å². The van der Waals surface area contributed by atoms with E-state index in [9.17, 15) is 9.59 Å². The highest BCUT2D eigenvalue weighted by molar-refractivity contribution is 5.96. The zero-order valence-electron chi connectivity index (χ0n) is 12.3. The Labute approximate surface area is 125 Å². The number of hydrogen-bond acceptors (Lipinski definition) is 2. The van der Waals surface area contributed by atoms with Gasteiger partial charge in [0.25, 0.3) is 0 Å². The van der Waals surface area contributed by atoms with Gasteiger partial charge < -0.3 is 5.32 Å². The molecule has 108 valence electrons. The van der Waals surface area contributed by atoms with E-state index < -0.39 is 0 Å². The van der Waals surface area contributed by atoms with Crippen LogP contribution in [-0.2, 0) is 4.79 Å². The van der Waals surface area contributed by atoms with Crippen molar-refractivity contribution < 1.29 is 9.59 Å². The molecule has 0 aromatic heterocycles. The minimum absolute atomic E-state index is 0.0256. The highest BCUT2D eigenvalue weighted by atomic mass is 16.1. The van der Waals surface area contributed by atoms with Gasteiger partial charge in [-0.1, -0.05) is 60.2 Å². The first-order chi connectivity index (χ1) is 10.1. The first-order valence-electron chi connectivity index (χ1n) is 6.98. The number of carbonyl (C=O) groups excluding carboxylic acids is 2. The number of amides is 1. The topological polar surface area (TPSA) is 46.2 Å². The van der Waals surface area contributed by atoms with Gasteiger partial charge in [0.15, 0.2) is 5.78 Å². The second-order valence-corrected chi connectivity index (χ2v) is 5.16. The molecule has 1 N–H and O–H groups in total. The number of aryl methyl sites for hydroxylation is 1. The van der Waals surface area contributed by atoms with Crippen LogP contribution < -0.4 is 5.32 Å². The first kappa shape index (κ1) is 15.0. The highest BCUT2D eigenvalue weighted by Gasteiger charge is 2.17. The van der Waals surface area contributed by atoms with Crippen LogP contribution in [0.5, 0.6) is 0 Å². The summed E-state index contributed by atoms with van der Waals surface area (Å²) in [5.74, 6) is -0.113. The van der Waals surface area contributed by atoms with Crippen molar-refractivity contribution in [2.75, 3.05) is 0 Å². The van der Waals surface area contributed by atoms with E-state index in [2.05, 4.69) is 5.32 Å². The monoisotopic (exact) mass is 281 g/mol. The molecule has 0 aliphatic carbocycles. The van der Waals surface area contributed by atoms with Crippen molar-refractivity contribution >= 4 is 11.7 Å². The van der Waals surface area contributed by atoms with Crippen LogP contribution in [0.2, 0.25) is 0 Å². The predicted molar refractivity (Wildman–Crippen MR) is 83.1 cm³/mol. The largest absolute Gasteiger partial charge is 0.349 e. The molecule has 0 aliphatic rings. The number of Topliss-reactive ketones (excluding diaryl/α,β-unsaturated/α-hetero) is 1. The summed E-state index contributed by atoms with van der Waals surface area (Å²) in [6.07, 6.45) is 0.257. The fourth-order valence-electron chi connectivity index (χ4n) is 2.23. The number of carbonyl (C=O) groups is 2. The van der Waals surface area contributed by atoms with Gasteiger partial charge >= 0.3 is 0 Å². The lowest BCUT2D eigenvalue weighted by Crippen LogP contribution is -2.28. The van der Waals surface area contributed by atoms with Gasteiger partial charge in [-0.2, -0.15) is 0 Å². The van der Waals surface area contributed by atoms with Crippen LogP contribution in [0.15, 0.2) is 54.6 Å². The zero-order valence-corrected chi connectivity index (χ0v) is 12.3. The van der Waals surface area contributed by atoms with E-state index in [1.807, 2.05) is 61.5 Å². The molecule has 2 aromatic rings. The molecule has 2 rings (SSSR count). The van der Waals surface area contributed by atoms with Gasteiger partial charge in [0.2, 0.25) is 5.91 Å². The van der Waals surface area contributed by atoms with Crippen LogP contribution in [0.3, 0.4) is 0 Å². The highest BCUT2D eigenvalue weighted by Crippen LogP contribution is 2.19. The molecule has 0 aliphatic heterocycles. The van der Waals surface area contributed by atoms with Gasteiger partial charge in [-0.25, -0.2) is 0 Å². The fourth-order valence-corrected chi connectivity index (χ4v) is 2.23. The van der Waals surface area contributed by atoms with Crippen molar-refractivity contribution in [2.45, 2.75) is 26.3 Å². The molecule has 1 amide bonds. The second-order valence-electron chi connectivity index (χ2n) is 5.16. The predicted octanol–water partition coefficient (Wildman–Crippen LogP) is 3.45. The summed E-state index contributed by atoms with van der Waals surface area (Å²) in [7, 11) is 0. The van der Waals surface area contributed by atoms with Gasteiger partial charge in [-0.15, -0.1) is 0 Å². The summed E-state index contributed by atoms with van der Waals surface area (Å²) in [5.41, 5.74) is 2.73. The van der Waals surface area contributed by atoms with Crippen molar-refractivity contribution in [1.82, 2.24) is 5.32 Å². The van der Waals surface area contributed by atoms with E-state index in [1.165, 1.54) is 6.92 Å². The van der Waals surface area contributed by atoms with Gasteiger partial charge in [-0.3, -0.25) is 9.59 Å². The van der Waals surface area contributed by atoms with Crippen LogP contribution in [-0.4, -0.2) is 11.7 Å². The summed E-state index contributed by atoms with van der Waals surface area (Å²) < 4.78 is 0. The third-order valence-corrected chi connectivity index (χ3v) is 3.34. The minimum Gasteiger partial charge on any atom is -0.349 e. The Morgan fingerprint density at radius 3 is 2.19 bits per heavy atom. The normalized spacial score (nSPS) is 11.7. The smallest absolute Gasteiger partial charge is 0.217 e. The van der Waals surface area contributed by atoms with Crippen LogP contribution in [0, 0.1) is 6.92 Å². The summed E-state index contributed by atoms with van der Waals surface area (Å²) >= 11 is 0. The number of hydrogen-bond donors (Lipinski definition) is 1. The van der Waals surface area contributed by atoms with Crippen molar-refractivity contribution in [3.05, 3.63) is 71.3 Å². The number of rotatable bonds is 5. The zero-order chi connectivity index (χ0) is 15.2. The van der Waals surface area contributed by atoms with Gasteiger partial charge in [-0.05, 0) is 12.5 Å². The number of benzene rings is 2. The maximum atomic E-state index is 12.4. The van der Waals surface area contributed by atoms with E-state index in [4.69, 9.17) is 0 Å². The molecule has 0 saturated carbocycles. The van der Waals surface area contributed by atoms with Crippen LogP contribution in [0.25, 0.3) is 0 Å². The average Bonchev–Trinajstić information content (AvgIpc) is 2.47. The third-order valence-electron chi connectivity index (χ3n) is 3.34. The summed E-state index contributed by atoms with van der Waals surface area (Å²) in [4.78, 5) is 23.7. The van der Waals surface area contributed by atoms with E-state index in [-0.39, 0.29) is 24.2 Å². The van der Waals surface area contributed by atoms with Gasteiger partial charge in [0, 0.05) is 18.9 Å². The molecule has 1 unspecified atom stereocenters. The molecule has 0 heterocycles. The maximum absolute atomic E-state index is 12.4. The van der Waals surface area contributed by atoms with Crippen LogP contribution in [0.4, 0.5) is 0 Å². The third kappa shape index (κ3) is 4.28. The fraction of sp³-hybridized carbons (Fsp3) is 0.222. The Morgan fingerprint density at radius 1 is 1.00 bits per heavy atom. The Bertz CT molecular complexity index is 617. The van der Waals surface area contributed by atoms with E-state index in [0.717, 1.165) is 11.1 Å². The maximum Gasteiger partial charge on any atom is 0.217 e.